The van der Waals surface area contributed by atoms with Crippen LogP contribution in [0.2, 0.25) is 10.0 Å². The highest BCUT2D eigenvalue weighted by molar-refractivity contribution is 8.01. The molecular formula is C21H20Cl2N2OS2. The number of halogens is 2. The summed E-state index contributed by atoms with van der Waals surface area (Å²) >= 11 is 15.4. The lowest BCUT2D eigenvalue weighted by molar-refractivity contribution is -0.113. The Hall–Kier alpha value is -1.53. The lowest BCUT2D eigenvalue weighted by Gasteiger charge is -2.05. The van der Waals surface area contributed by atoms with Crippen LogP contribution in [-0.4, -0.2) is 16.6 Å². The molecule has 0 spiro atoms. The molecule has 28 heavy (non-hydrogen) atoms. The Labute approximate surface area is 183 Å². The van der Waals surface area contributed by atoms with Crippen LogP contribution in [0.4, 0.5) is 5.69 Å². The SMILES string of the molecule is CCc1ccc(NC(=O)CSc2nc(C)c(Cc3cc(Cl)ccc3Cl)s2)cc1. The van der Waals surface area contributed by atoms with Crippen LogP contribution in [0.3, 0.4) is 0 Å². The number of benzene rings is 2. The lowest BCUT2D eigenvalue weighted by Crippen LogP contribution is -2.13. The maximum atomic E-state index is 12.2. The van der Waals surface area contributed by atoms with Gasteiger partial charge in [0.15, 0.2) is 4.34 Å². The number of thiazole rings is 1. The molecule has 7 heteroatoms. The van der Waals surface area contributed by atoms with Gasteiger partial charge in [0.2, 0.25) is 5.91 Å². The third kappa shape index (κ3) is 5.74. The molecule has 0 aliphatic carbocycles. The summed E-state index contributed by atoms with van der Waals surface area (Å²) in [5.41, 5.74) is 4.00. The van der Waals surface area contributed by atoms with Gasteiger partial charge in [0.1, 0.15) is 0 Å². The number of anilines is 1. The molecule has 0 aliphatic heterocycles. The highest BCUT2D eigenvalue weighted by atomic mass is 35.5. The van der Waals surface area contributed by atoms with Crippen LogP contribution < -0.4 is 5.32 Å². The number of nitrogens with one attached hydrogen (secondary N) is 1. The minimum Gasteiger partial charge on any atom is -0.325 e. The summed E-state index contributed by atoms with van der Waals surface area (Å²) in [5, 5.41) is 4.28. The highest BCUT2D eigenvalue weighted by Crippen LogP contribution is 2.31. The molecule has 0 radical (unpaired) electrons. The minimum atomic E-state index is -0.0402. The number of aromatic nitrogens is 1. The van der Waals surface area contributed by atoms with Crippen molar-refractivity contribution in [3.8, 4) is 0 Å². The van der Waals surface area contributed by atoms with Crippen LogP contribution in [0.1, 0.15) is 28.6 Å². The largest absolute Gasteiger partial charge is 0.325 e. The molecule has 1 amide bonds. The van der Waals surface area contributed by atoms with Crippen molar-refractivity contribution in [2.24, 2.45) is 0 Å². The van der Waals surface area contributed by atoms with E-state index in [2.05, 4.69) is 17.2 Å². The van der Waals surface area contributed by atoms with Crippen molar-refractivity contribution in [1.82, 2.24) is 4.98 Å². The van der Waals surface area contributed by atoms with E-state index in [1.807, 2.05) is 43.3 Å². The fraction of sp³-hybridized carbons (Fsp3) is 0.238. The number of carbonyl (C=O) groups is 1. The Morgan fingerprint density at radius 2 is 1.93 bits per heavy atom. The number of rotatable bonds is 7. The van der Waals surface area contributed by atoms with Crippen LogP contribution in [0.5, 0.6) is 0 Å². The van der Waals surface area contributed by atoms with Crippen molar-refractivity contribution >= 4 is 57.9 Å². The number of hydrogen-bond donors (Lipinski definition) is 1. The normalized spacial score (nSPS) is 10.9. The topological polar surface area (TPSA) is 42.0 Å². The van der Waals surface area contributed by atoms with Gasteiger partial charge in [-0.25, -0.2) is 4.98 Å². The van der Waals surface area contributed by atoms with Gasteiger partial charge in [0, 0.05) is 27.0 Å². The first-order valence-corrected chi connectivity index (χ1v) is 11.4. The Balaban J connectivity index is 1.58. The van der Waals surface area contributed by atoms with E-state index in [0.29, 0.717) is 22.2 Å². The summed E-state index contributed by atoms with van der Waals surface area (Å²) in [6, 6.07) is 13.4. The van der Waals surface area contributed by atoms with Crippen LogP contribution in [-0.2, 0) is 17.6 Å². The van der Waals surface area contributed by atoms with Crippen molar-refractivity contribution in [2.45, 2.75) is 31.0 Å². The molecule has 0 aliphatic rings. The lowest BCUT2D eigenvalue weighted by atomic mass is 10.1. The summed E-state index contributed by atoms with van der Waals surface area (Å²) in [6.45, 7) is 4.08. The number of hydrogen-bond acceptors (Lipinski definition) is 4. The number of thioether (sulfide) groups is 1. The molecule has 1 N–H and O–H groups in total. The Morgan fingerprint density at radius 1 is 1.18 bits per heavy atom. The Bertz CT molecular complexity index is 971. The predicted molar refractivity (Wildman–Crippen MR) is 121 cm³/mol. The second-order valence-corrected chi connectivity index (χ2v) is 9.44. The predicted octanol–water partition coefficient (Wildman–Crippen LogP) is 6.64. The molecular weight excluding hydrogens is 431 g/mol. The highest BCUT2D eigenvalue weighted by Gasteiger charge is 2.13. The first-order chi connectivity index (χ1) is 13.4. The van der Waals surface area contributed by atoms with Crippen LogP contribution in [0.15, 0.2) is 46.8 Å². The average Bonchev–Trinajstić information content (AvgIpc) is 3.03. The van der Waals surface area contributed by atoms with Crippen molar-refractivity contribution in [2.75, 3.05) is 11.1 Å². The van der Waals surface area contributed by atoms with Gasteiger partial charge < -0.3 is 5.32 Å². The molecule has 3 nitrogen and oxygen atoms in total. The smallest absolute Gasteiger partial charge is 0.234 e. The number of aryl methyl sites for hydroxylation is 2. The number of nitrogens with zero attached hydrogens (tertiary/aromatic N) is 1. The standard InChI is InChI=1S/C21H20Cl2N2OS2/c1-3-14-4-7-17(8-5-14)25-20(26)12-27-21-24-13(2)19(28-21)11-15-10-16(22)6-9-18(15)23/h4-10H,3,11-12H2,1-2H3,(H,25,26). The summed E-state index contributed by atoms with van der Waals surface area (Å²) < 4.78 is 0.877. The molecule has 146 valence electrons. The second kappa shape index (κ2) is 9.79. The van der Waals surface area contributed by atoms with Crippen LogP contribution in [0, 0.1) is 6.92 Å². The zero-order valence-corrected chi connectivity index (χ0v) is 18.7. The van der Waals surface area contributed by atoms with E-state index in [1.54, 1.807) is 17.4 Å². The van der Waals surface area contributed by atoms with Gasteiger partial charge in [-0.2, -0.15) is 0 Å². The fourth-order valence-electron chi connectivity index (χ4n) is 2.63. The zero-order chi connectivity index (χ0) is 20.1. The fourth-order valence-corrected chi connectivity index (χ4v) is 5.06. The summed E-state index contributed by atoms with van der Waals surface area (Å²) in [5.74, 6) is 0.279. The first kappa shape index (κ1) is 21.2. The van der Waals surface area contributed by atoms with Gasteiger partial charge in [0.25, 0.3) is 0 Å². The van der Waals surface area contributed by atoms with Crippen molar-refractivity contribution in [1.29, 1.82) is 0 Å². The molecule has 0 unspecified atom stereocenters. The molecule has 1 heterocycles. The molecule has 2 aromatic carbocycles. The average molecular weight is 451 g/mol. The summed E-state index contributed by atoms with van der Waals surface area (Å²) in [4.78, 5) is 17.9. The number of carbonyl (C=O) groups excluding carboxylic acids is 1. The molecule has 1 aromatic heterocycles. The van der Waals surface area contributed by atoms with Crippen molar-refractivity contribution in [3.05, 3.63) is 74.2 Å². The Morgan fingerprint density at radius 3 is 2.64 bits per heavy atom. The first-order valence-electron chi connectivity index (χ1n) is 8.86. The maximum absolute atomic E-state index is 12.2. The van der Waals surface area contributed by atoms with Gasteiger partial charge in [0.05, 0.1) is 11.4 Å². The number of amides is 1. The summed E-state index contributed by atoms with van der Waals surface area (Å²) in [7, 11) is 0. The van der Waals surface area contributed by atoms with E-state index < -0.39 is 0 Å². The minimum absolute atomic E-state index is 0.0402. The summed E-state index contributed by atoms with van der Waals surface area (Å²) in [6.07, 6.45) is 1.66. The van der Waals surface area contributed by atoms with E-state index in [1.165, 1.54) is 17.3 Å². The molecule has 3 aromatic rings. The van der Waals surface area contributed by atoms with E-state index in [9.17, 15) is 4.79 Å². The van der Waals surface area contributed by atoms with Gasteiger partial charge in [-0.05, 0) is 54.8 Å². The molecule has 0 saturated carbocycles. The van der Waals surface area contributed by atoms with E-state index >= 15 is 0 Å². The van der Waals surface area contributed by atoms with E-state index in [4.69, 9.17) is 23.2 Å². The van der Waals surface area contributed by atoms with Gasteiger partial charge >= 0.3 is 0 Å². The van der Waals surface area contributed by atoms with Crippen molar-refractivity contribution in [3.63, 3.8) is 0 Å². The third-order valence-corrected chi connectivity index (χ3v) is 7.11. The van der Waals surface area contributed by atoms with Crippen LogP contribution in [0.25, 0.3) is 0 Å². The zero-order valence-electron chi connectivity index (χ0n) is 15.6. The van der Waals surface area contributed by atoms with E-state index in [-0.39, 0.29) is 5.91 Å². The van der Waals surface area contributed by atoms with E-state index in [0.717, 1.165) is 32.6 Å². The van der Waals surface area contributed by atoms with Crippen LogP contribution >= 0.6 is 46.3 Å². The maximum Gasteiger partial charge on any atom is 0.234 e. The molecule has 3 rings (SSSR count). The third-order valence-electron chi connectivity index (χ3n) is 4.20. The molecule has 0 fully saturated rings. The second-order valence-electron chi connectivity index (χ2n) is 6.29. The quantitative estimate of drug-likeness (QED) is 0.410. The van der Waals surface area contributed by atoms with Gasteiger partial charge in [-0.15, -0.1) is 11.3 Å². The Kier molecular flexibility index (Phi) is 7.41. The van der Waals surface area contributed by atoms with Crippen molar-refractivity contribution < 1.29 is 4.79 Å². The molecule has 0 atom stereocenters. The molecule has 0 bridgehead atoms. The molecule has 0 saturated heterocycles. The van der Waals surface area contributed by atoms with Gasteiger partial charge in [-0.3, -0.25) is 4.79 Å². The van der Waals surface area contributed by atoms with Gasteiger partial charge in [-0.1, -0.05) is 54.0 Å². The monoisotopic (exact) mass is 450 g/mol.